The van der Waals surface area contributed by atoms with Crippen LogP contribution in [0.1, 0.15) is 42.9 Å². The third kappa shape index (κ3) is 4.30. The predicted molar refractivity (Wildman–Crippen MR) is 116 cm³/mol. The number of methoxy groups -OCH3 is 1. The van der Waals surface area contributed by atoms with Crippen molar-refractivity contribution in [2.24, 2.45) is 0 Å². The second kappa shape index (κ2) is 9.27. The quantitative estimate of drug-likeness (QED) is 0.570. The number of hydrogen-bond acceptors (Lipinski definition) is 6. The Morgan fingerprint density at radius 3 is 2.58 bits per heavy atom. The summed E-state index contributed by atoms with van der Waals surface area (Å²) in [6, 6.07) is 15.6. The normalized spacial score (nSPS) is 20.9. The molecule has 1 aromatic heterocycles. The molecule has 0 saturated carbocycles. The Balaban J connectivity index is 1.73. The minimum Gasteiger partial charge on any atom is -0.460 e. The monoisotopic (exact) mass is 418 g/mol. The van der Waals surface area contributed by atoms with Crippen molar-refractivity contribution < 1.29 is 19.1 Å². The Bertz CT molecular complexity index is 1030. The molecule has 1 aliphatic heterocycles. The molecule has 2 aliphatic rings. The number of nitrogens with zero attached hydrogens (tertiary/aromatic N) is 1. The number of Topliss-reactive ketones (excluding diaryl/α,β-unsaturated/α-hetero) is 1. The summed E-state index contributed by atoms with van der Waals surface area (Å²) in [5.74, 6) is -0.862. The Morgan fingerprint density at radius 1 is 1.10 bits per heavy atom. The van der Waals surface area contributed by atoms with Crippen molar-refractivity contribution in [1.29, 1.82) is 0 Å². The number of carbonyl (C=O) groups is 2. The Hall–Kier alpha value is -3.25. The minimum atomic E-state index is -0.545. The molecule has 0 radical (unpaired) electrons. The molecule has 0 fully saturated rings. The van der Waals surface area contributed by atoms with Gasteiger partial charge in [0.05, 0.1) is 23.8 Å². The number of ether oxygens (including phenoxy) is 2. The first-order chi connectivity index (χ1) is 15.1. The Labute approximate surface area is 182 Å². The predicted octanol–water partition coefficient (Wildman–Crippen LogP) is 3.63. The van der Waals surface area contributed by atoms with Gasteiger partial charge in [0, 0.05) is 36.7 Å². The standard InChI is InChI=1S/C25H26N2O4/c1-16-22(25(29)31-13-12-30-2)24(19-10-6-7-11-26-19)23-20(27-16)14-18(15-21(23)28)17-8-4-3-5-9-17/h3-11,18,24,27H,12-15H2,1-2H3. The zero-order valence-corrected chi connectivity index (χ0v) is 17.8. The average molecular weight is 418 g/mol. The third-order valence-corrected chi connectivity index (χ3v) is 5.82. The van der Waals surface area contributed by atoms with Gasteiger partial charge >= 0.3 is 5.97 Å². The number of benzene rings is 1. The van der Waals surface area contributed by atoms with Crippen LogP contribution in [0.4, 0.5) is 0 Å². The molecule has 31 heavy (non-hydrogen) atoms. The van der Waals surface area contributed by atoms with Gasteiger partial charge < -0.3 is 14.8 Å². The van der Waals surface area contributed by atoms with Gasteiger partial charge in [0.15, 0.2) is 5.78 Å². The zero-order chi connectivity index (χ0) is 21.8. The van der Waals surface area contributed by atoms with Gasteiger partial charge in [-0.3, -0.25) is 9.78 Å². The first kappa shape index (κ1) is 21.0. The highest BCUT2D eigenvalue weighted by Gasteiger charge is 2.41. The molecule has 4 rings (SSSR count). The van der Waals surface area contributed by atoms with Crippen LogP contribution in [-0.2, 0) is 19.1 Å². The smallest absolute Gasteiger partial charge is 0.336 e. The van der Waals surface area contributed by atoms with Crippen LogP contribution in [0, 0.1) is 0 Å². The van der Waals surface area contributed by atoms with Crippen molar-refractivity contribution >= 4 is 11.8 Å². The van der Waals surface area contributed by atoms with E-state index in [9.17, 15) is 9.59 Å². The molecule has 6 nitrogen and oxygen atoms in total. The second-order valence-corrected chi connectivity index (χ2v) is 7.81. The highest BCUT2D eigenvalue weighted by Crippen LogP contribution is 2.45. The van der Waals surface area contributed by atoms with Gasteiger partial charge in [0.25, 0.3) is 0 Å². The number of hydrogen-bond donors (Lipinski definition) is 1. The second-order valence-electron chi connectivity index (χ2n) is 7.81. The molecule has 0 saturated heterocycles. The maximum Gasteiger partial charge on any atom is 0.336 e. The highest BCUT2D eigenvalue weighted by atomic mass is 16.6. The van der Waals surface area contributed by atoms with Gasteiger partial charge in [0.2, 0.25) is 0 Å². The Morgan fingerprint density at radius 2 is 1.87 bits per heavy atom. The van der Waals surface area contributed by atoms with Crippen molar-refractivity contribution in [3.05, 3.63) is 88.5 Å². The van der Waals surface area contributed by atoms with Crippen molar-refractivity contribution in [3.63, 3.8) is 0 Å². The maximum absolute atomic E-state index is 13.4. The maximum atomic E-state index is 13.4. The number of dihydropyridines is 1. The van der Waals surface area contributed by atoms with E-state index in [2.05, 4.69) is 22.4 Å². The van der Waals surface area contributed by atoms with E-state index in [0.717, 1.165) is 11.3 Å². The fraction of sp³-hybridized carbons (Fsp3) is 0.320. The van der Waals surface area contributed by atoms with Crippen LogP contribution in [0.25, 0.3) is 0 Å². The zero-order valence-electron chi connectivity index (χ0n) is 17.8. The molecule has 1 aromatic carbocycles. The molecule has 2 unspecified atom stereocenters. The van der Waals surface area contributed by atoms with Crippen LogP contribution in [0.15, 0.2) is 77.3 Å². The van der Waals surface area contributed by atoms with Crippen molar-refractivity contribution in [2.75, 3.05) is 20.3 Å². The molecule has 0 bridgehead atoms. The van der Waals surface area contributed by atoms with Gasteiger partial charge in [0.1, 0.15) is 6.61 Å². The lowest BCUT2D eigenvalue weighted by Crippen LogP contribution is -2.36. The molecule has 0 amide bonds. The summed E-state index contributed by atoms with van der Waals surface area (Å²) in [6.07, 6.45) is 2.79. The molecule has 160 valence electrons. The number of aromatic nitrogens is 1. The lowest BCUT2D eigenvalue weighted by Gasteiger charge is -2.36. The average Bonchev–Trinajstić information content (AvgIpc) is 2.79. The number of ketones is 1. The lowest BCUT2D eigenvalue weighted by atomic mass is 9.73. The van der Waals surface area contributed by atoms with Gasteiger partial charge in [-0.15, -0.1) is 0 Å². The van der Waals surface area contributed by atoms with Crippen LogP contribution in [0.2, 0.25) is 0 Å². The van der Waals surface area contributed by atoms with E-state index in [0.29, 0.717) is 42.0 Å². The topological polar surface area (TPSA) is 77.5 Å². The first-order valence-corrected chi connectivity index (χ1v) is 10.5. The summed E-state index contributed by atoms with van der Waals surface area (Å²) in [6.45, 7) is 2.31. The largest absolute Gasteiger partial charge is 0.460 e. The summed E-state index contributed by atoms with van der Waals surface area (Å²) in [4.78, 5) is 30.9. The fourth-order valence-electron chi connectivity index (χ4n) is 4.41. The van der Waals surface area contributed by atoms with Gasteiger partial charge in [-0.1, -0.05) is 36.4 Å². The van der Waals surface area contributed by atoms with Crippen molar-refractivity contribution in [3.8, 4) is 0 Å². The SMILES string of the molecule is COCCOC(=O)C1=C(C)NC2=C(C(=O)CC(c3ccccc3)C2)C1c1ccccn1. The number of esters is 1. The summed E-state index contributed by atoms with van der Waals surface area (Å²) < 4.78 is 10.4. The number of nitrogens with one attached hydrogen (secondary N) is 1. The van der Waals surface area contributed by atoms with Gasteiger partial charge in [-0.2, -0.15) is 0 Å². The van der Waals surface area contributed by atoms with Crippen LogP contribution < -0.4 is 5.32 Å². The van der Waals surface area contributed by atoms with Crippen molar-refractivity contribution in [2.45, 2.75) is 31.6 Å². The number of allylic oxidation sites excluding steroid dienone is 3. The van der Waals surface area contributed by atoms with E-state index in [1.54, 1.807) is 13.3 Å². The molecule has 2 atom stereocenters. The van der Waals surface area contributed by atoms with Crippen molar-refractivity contribution in [1.82, 2.24) is 10.3 Å². The third-order valence-electron chi connectivity index (χ3n) is 5.82. The molecule has 2 aromatic rings. The molecule has 2 heterocycles. The van der Waals surface area contributed by atoms with E-state index in [4.69, 9.17) is 9.47 Å². The van der Waals surface area contributed by atoms with E-state index >= 15 is 0 Å². The number of rotatable bonds is 6. The van der Waals surface area contributed by atoms with E-state index in [-0.39, 0.29) is 18.3 Å². The number of carbonyl (C=O) groups excluding carboxylic acids is 2. The van der Waals surface area contributed by atoms with Gasteiger partial charge in [-0.05, 0) is 37.0 Å². The molecule has 6 heteroatoms. The fourth-order valence-corrected chi connectivity index (χ4v) is 4.41. The van der Waals surface area contributed by atoms with E-state index < -0.39 is 11.9 Å². The van der Waals surface area contributed by atoms with Crippen LogP contribution in [-0.4, -0.2) is 37.1 Å². The Kier molecular flexibility index (Phi) is 6.28. The minimum absolute atomic E-state index is 0.0351. The summed E-state index contributed by atoms with van der Waals surface area (Å²) >= 11 is 0. The molecule has 1 aliphatic carbocycles. The molecular weight excluding hydrogens is 392 g/mol. The molecule has 1 N–H and O–H groups in total. The summed E-state index contributed by atoms with van der Waals surface area (Å²) in [5.41, 5.74) is 4.42. The molecular formula is C25H26N2O4. The highest BCUT2D eigenvalue weighted by molar-refractivity contribution is 6.04. The van der Waals surface area contributed by atoms with Crippen LogP contribution in [0.3, 0.4) is 0 Å². The van der Waals surface area contributed by atoms with Crippen LogP contribution >= 0.6 is 0 Å². The summed E-state index contributed by atoms with van der Waals surface area (Å²) in [5, 5.41) is 3.35. The summed E-state index contributed by atoms with van der Waals surface area (Å²) in [7, 11) is 1.55. The van der Waals surface area contributed by atoms with E-state index in [1.807, 2.05) is 43.3 Å². The first-order valence-electron chi connectivity index (χ1n) is 10.5. The van der Waals surface area contributed by atoms with E-state index in [1.165, 1.54) is 0 Å². The van der Waals surface area contributed by atoms with Gasteiger partial charge in [-0.25, -0.2) is 4.79 Å². The number of pyridine rings is 1. The molecule has 0 spiro atoms. The van der Waals surface area contributed by atoms with Crippen LogP contribution in [0.5, 0.6) is 0 Å². The lowest BCUT2D eigenvalue weighted by molar-refractivity contribution is -0.140.